The minimum Gasteiger partial charge on any atom is -0.488 e. The molecule has 0 radical (unpaired) electrons. The van der Waals surface area contributed by atoms with Gasteiger partial charge in [-0.1, -0.05) is 54.1 Å². The Kier molecular flexibility index (Phi) is 7.17. The van der Waals surface area contributed by atoms with Crippen LogP contribution in [0.4, 0.5) is 4.39 Å². The lowest BCUT2D eigenvalue weighted by Gasteiger charge is -2.12. The second kappa shape index (κ2) is 10.6. The lowest BCUT2D eigenvalue weighted by molar-refractivity contribution is -0.123. The molecule has 1 N–H and O–H groups in total. The number of hydrogen-bond donors (Lipinski definition) is 1. The Bertz CT molecular complexity index is 1280. The molecule has 0 fully saturated rings. The Balaban J connectivity index is 1.45. The van der Waals surface area contributed by atoms with Gasteiger partial charge in [0, 0.05) is 10.6 Å². The molecule has 0 unspecified atom stereocenters. The summed E-state index contributed by atoms with van der Waals surface area (Å²) < 4.78 is 24.6. The number of nitrogens with zero attached hydrogens (tertiary/aromatic N) is 1. The van der Waals surface area contributed by atoms with Crippen molar-refractivity contribution in [1.29, 1.82) is 0 Å². The highest BCUT2D eigenvalue weighted by Crippen LogP contribution is 2.27. The van der Waals surface area contributed by atoms with Gasteiger partial charge in [-0.2, -0.15) is 5.10 Å². The molecule has 166 valence electrons. The molecule has 0 aliphatic rings. The first-order valence-corrected chi connectivity index (χ1v) is 10.6. The molecule has 7 heteroatoms. The maximum atomic E-state index is 13.2. The van der Waals surface area contributed by atoms with Gasteiger partial charge in [-0.15, -0.1) is 0 Å². The summed E-state index contributed by atoms with van der Waals surface area (Å²) in [5.74, 6) is 0.417. The molecule has 0 aromatic heterocycles. The molecule has 0 aliphatic carbocycles. The second-order valence-corrected chi connectivity index (χ2v) is 7.59. The number of rotatable bonds is 8. The predicted octanol–water partition coefficient (Wildman–Crippen LogP) is 5.74. The number of hydrazone groups is 1. The van der Waals surface area contributed by atoms with Gasteiger partial charge in [-0.05, 0) is 58.8 Å². The third-order valence-electron chi connectivity index (χ3n) is 4.80. The Morgan fingerprint density at radius 2 is 1.70 bits per heavy atom. The van der Waals surface area contributed by atoms with Crippen LogP contribution in [-0.4, -0.2) is 18.7 Å². The van der Waals surface area contributed by atoms with Crippen molar-refractivity contribution in [2.45, 2.75) is 6.61 Å². The summed E-state index contributed by atoms with van der Waals surface area (Å²) in [6, 6.07) is 24.4. The molecule has 0 saturated carbocycles. The zero-order chi connectivity index (χ0) is 23.0. The van der Waals surface area contributed by atoms with Gasteiger partial charge in [0.05, 0.1) is 6.21 Å². The predicted molar refractivity (Wildman–Crippen MR) is 127 cm³/mol. The first-order valence-electron chi connectivity index (χ1n) is 10.2. The Labute approximate surface area is 195 Å². The first kappa shape index (κ1) is 22.3. The number of amides is 1. The van der Waals surface area contributed by atoms with E-state index in [9.17, 15) is 9.18 Å². The SMILES string of the molecule is O=C(COc1ccc(Cl)cc1)NN=Cc1c(OCc2ccc(F)cc2)ccc2ccccc12. The molecule has 1 amide bonds. The van der Waals surface area contributed by atoms with E-state index in [1.165, 1.54) is 12.1 Å². The molecular weight excluding hydrogens is 443 g/mol. The number of fused-ring (bicyclic) bond motifs is 1. The van der Waals surface area contributed by atoms with Gasteiger partial charge in [-0.25, -0.2) is 9.82 Å². The zero-order valence-electron chi connectivity index (χ0n) is 17.5. The van der Waals surface area contributed by atoms with Gasteiger partial charge in [0.2, 0.25) is 0 Å². The van der Waals surface area contributed by atoms with E-state index in [0.717, 1.165) is 16.3 Å². The van der Waals surface area contributed by atoms with Gasteiger partial charge in [0.25, 0.3) is 5.91 Å². The first-order chi connectivity index (χ1) is 16.1. The van der Waals surface area contributed by atoms with Crippen molar-refractivity contribution in [3.63, 3.8) is 0 Å². The number of halogens is 2. The van der Waals surface area contributed by atoms with E-state index in [1.54, 1.807) is 42.6 Å². The lowest BCUT2D eigenvalue weighted by atomic mass is 10.0. The molecule has 4 rings (SSSR count). The number of benzene rings is 4. The molecule has 4 aromatic rings. The topological polar surface area (TPSA) is 59.9 Å². The van der Waals surface area contributed by atoms with E-state index in [1.807, 2.05) is 36.4 Å². The van der Waals surface area contributed by atoms with Crippen molar-refractivity contribution in [3.05, 3.63) is 107 Å². The van der Waals surface area contributed by atoms with Crippen LogP contribution in [0, 0.1) is 5.82 Å². The molecule has 0 heterocycles. The molecule has 33 heavy (non-hydrogen) atoms. The smallest absolute Gasteiger partial charge is 0.277 e. The fraction of sp³-hybridized carbons (Fsp3) is 0.0769. The van der Waals surface area contributed by atoms with Crippen LogP contribution < -0.4 is 14.9 Å². The van der Waals surface area contributed by atoms with E-state index in [2.05, 4.69) is 10.5 Å². The van der Waals surface area contributed by atoms with Crippen LogP contribution in [0.5, 0.6) is 11.5 Å². The molecule has 0 spiro atoms. The standard InChI is InChI=1S/C26H20ClFN2O3/c27-20-8-12-22(13-9-20)32-17-26(31)30-29-15-24-23-4-2-1-3-19(23)7-14-25(24)33-16-18-5-10-21(28)11-6-18/h1-15H,16-17H2,(H,30,31). The fourth-order valence-electron chi connectivity index (χ4n) is 3.16. The van der Waals surface area contributed by atoms with E-state index >= 15 is 0 Å². The number of hydrogen-bond acceptors (Lipinski definition) is 4. The van der Waals surface area contributed by atoms with E-state index in [4.69, 9.17) is 21.1 Å². The van der Waals surface area contributed by atoms with Crippen LogP contribution >= 0.6 is 11.6 Å². The second-order valence-electron chi connectivity index (χ2n) is 7.15. The van der Waals surface area contributed by atoms with Crippen LogP contribution in [0.3, 0.4) is 0 Å². The summed E-state index contributed by atoms with van der Waals surface area (Å²) in [7, 11) is 0. The number of ether oxygens (including phenoxy) is 2. The summed E-state index contributed by atoms with van der Waals surface area (Å²) in [4.78, 5) is 12.1. The summed E-state index contributed by atoms with van der Waals surface area (Å²) >= 11 is 5.84. The van der Waals surface area contributed by atoms with Crippen molar-refractivity contribution in [3.8, 4) is 11.5 Å². The molecule has 4 aromatic carbocycles. The van der Waals surface area contributed by atoms with Crippen molar-refractivity contribution in [2.75, 3.05) is 6.61 Å². The quantitative estimate of drug-likeness (QED) is 0.268. The molecular formula is C26H20ClFN2O3. The molecule has 0 saturated heterocycles. The van der Waals surface area contributed by atoms with Crippen LogP contribution in [-0.2, 0) is 11.4 Å². The van der Waals surface area contributed by atoms with Gasteiger partial charge < -0.3 is 9.47 Å². The van der Waals surface area contributed by atoms with Crippen molar-refractivity contribution >= 4 is 34.5 Å². The van der Waals surface area contributed by atoms with Crippen molar-refractivity contribution in [2.24, 2.45) is 5.10 Å². The molecule has 0 bridgehead atoms. The summed E-state index contributed by atoms with van der Waals surface area (Å²) in [5, 5.41) is 6.60. The van der Waals surface area contributed by atoms with Gasteiger partial charge in [-0.3, -0.25) is 4.79 Å². The normalized spacial score (nSPS) is 11.0. The van der Waals surface area contributed by atoms with Gasteiger partial charge >= 0.3 is 0 Å². The third-order valence-corrected chi connectivity index (χ3v) is 5.06. The minimum absolute atomic E-state index is 0.192. The van der Waals surface area contributed by atoms with Gasteiger partial charge in [0.15, 0.2) is 6.61 Å². The maximum Gasteiger partial charge on any atom is 0.277 e. The summed E-state index contributed by atoms with van der Waals surface area (Å²) in [5.41, 5.74) is 4.02. The number of carbonyl (C=O) groups excluding carboxylic acids is 1. The fourth-order valence-corrected chi connectivity index (χ4v) is 3.28. The Hall–Kier alpha value is -3.90. The van der Waals surface area contributed by atoms with Crippen LogP contribution in [0.2, 0.25) is 5.02 Å². The number of carbonyl (C=O) groups is 1. The largest absolute Gasteiger partial charge is 0.488 e. The highest BCUT2D eigenvalue weighted by Gasteiger charge is 2.09. The lowest BCUT2D eigenvalue weighted by Crippen LogP contribution is -2.24. The van der Waals surface area contributed by atoms with E-state index in [-0.39, 0.29) is 19.0 Å². The van der Waals surface area contributed by atoms with Gasteiger partial charge in [0.1, 0.15) is 23.9 Å². The van der Waals surface area contributed by atoms with Crippen molar-refractivity contribution in [1.82, 2.24) is 5.43 Å². The summed E-state index contributed by atoms with van der Waals surface area (Å²) in [6.45, 7) is 0.0726. The number of nitrogens with one attached hydrogen (secondary N) is 1. The van der Waals surface area contributed by atoms with E-state index in [0.29, 0.717) is 22.1 Å². The van der Waals surface area contributed by atoms with Crippen molar-refractivity contribution < 1.29 is 18.7 Å². The average molecular weight is 463 g/mol. The molecule has 0 atom stereocenters. The Morgan fingerprint density at radius 1 is 0.939 bits per heavy atom. The molecule has 0 aliphatic heterocycles. The van der Waals surface area contributed by atoms with E-state index < -0.39 is 5.91 Å². The average Bonchev–Trinajstić information content (AvgIpc) is 2.84. The molecule has 5 nitrogen and oxygen atoms in total. The third kappa shape index (κ3) is 6.08. The van der Waals surface area contributed by atoms with Crippen LogP contribution in [0.1, 0.15) is 11.1 Å². The van der Waals surface area contributed by atoms with Crippen LogP contribution in [0.25, 0.3) is 10.8 Å². The zero-order valence-corrected chi connectivity index (χ0v) is 18.3. The summed E-state index contributed by atoms with van der Waals surface area (Å²) in [6.07, 6.45) is 1.54. The highest BCUT2D eigenvalue weighted by molar-refractivity contribution is 6.30. The Morgan fingerprint density at radius 3 is 2.48 bits per heavy atom. The monoisotopic (exact) mass is 462 g/mol. The maximum absolute atomic E-state index is 13.2. The minimum atomic E-state index is -0.407. The van der Waals surface area contributed by atoms with Crippen LogP contribution in [0.15, 0.2) is 90.0 Å². The highest BCUT2D eigenvalue weighted by atomic mass is 35.5.